The molecule has 0 spiro atoms. The molecule has 0 saturated carbocycles. The van der Waals surface area contributed by atoms with Crippen LogP contribution in [0.2, 0.25) is 0 Å². The number of piperidine rings is 1. The second kappa shape index (κ2) is 9.21. The lowest BCUT2D eigenvalue weighted by molar-refractivity contribution is -0.145. The molecular formula is C22H25FN8O3. The van der Waals surface area contributed by atoms with Gasteiger partial charge in [0.2, 0.25) is 5.91 Å². The summed E-state index contributed by atoms with van der Waals surface area (Å²) in [5.41, 5.74) is 7.43. The number of hydrogen-bond acceptors (Lipinski definition) is 8. The SMILES string of the molecule is Nc1nn2cc(F)cnc2c1C(=O)Nc1cnccc1N1CCC(C(=O)N2CCCOC2)CC1. The third kappa shape index (κ3) is 4.23. The minimum Gasteiger partial charge on any atom is -0.381 e. The van der Waals surface area contributed by atoms with E-state index in [-0.39, 0.29) is 28.9 Å². The molecular weight excluding hydrogens is 443 g/mol. The number of nitrogens with zero attached hydrogens (tertiary/aromatic N) is 6. The first-order valence-corrected chi connectivity index (χ1v) is 11.2. The van der Waals surface area contributed by atoms with Crippen molar-refractivity contribution in [2.45, 2.75) is 19.3 Å². The van der Waals surface area contributed by atoms with Crippen molar-refractivity contribution in [3.05, 3.63) is 42.2 Å². The van der Waals surface area contributed by atoms with Crippen LogP contribution in [-0.2, 0) is 9.53 Å². The number of ether oxygens (including phenoxy) is 1. The van der Waals surface area contributed by atoms with Crippen LogP contribution in [0.15, 0.2) is 30.9 Å². The molecule has 5 rings (SSSR count). The van der Waals surface area contributed by atoms with Gasteiger partial charge in [0.05, 0.1) is 36.6 Å². The number of aromatic nitrogens is 4. The van der Waals surface area contributed by atoms with Gasteiger partial charge in [-0.25, -0.2) is 13.9 Å². The number of halogens is 1. The van der Waals surface area contributed by atoms with Crippen LogP contribution in [0.5, 0.6) is 0 Å². The molecule has 0 aliphatic carbocycles. The van der Waals surface area contributed by atoms with E-state index in [2.05, 4.69) is 25.3 Å². The number of nitrogens with one attached hydrogen (secondary N) is 1. The number of fused-ring (bicyclic) bond motifs is 1. The molecule has 2 aliphatic rings. The molecule has 0 radical (unpaired) electrons. The van der Waals surface area contributed by atoms with Crippen molar-refractivity contribution in [3.8, 4) is 0 Å². The summed E-state index contributed by atoms with van der Waals surface area (Å²) < 4.78 is 20.0. The molecule has 0 unspecified atom stereocenters. The Labute approximate surface area is 194 Å². The highest BCUT2D eigenvalue weighted by atomic mass is 19.1. The topological polar surface area (TPSA) is 131 Å². The van der Waals surface area contributed by atoms with Crippen LogP contribution in [0.3, 0.4) is 0 Å². The number of nitrogens with two attached hydrogens (primary N) is 1. The van der Waals surface area contributed by atoms with Crippen LogP contribution in [0.1, 0.15) is 29.6 Å². The van der Waals surface area contributed by atoms with Crippen molar-refractivity contribution in [3.63, 3.8) is 0 Å². The first-order chi connectivity index (χ1) is 16.5. The largest absolute Gasteiger partial charge is 0.381 e. The summed E-state index contributed by atoms with van der Waals surface area (Å²) >= 11 is 0. The lowest BCUT2D eigenvalue weighted by Crippen LogP contribution is -2.45. The van der Waals surface area contributed by atoms with Crippen molar-refractivity contribution < 1.29 is 18.7 Å². The molecule has 3 aromatic rings. The fraction of sp³-hybridized carbons (Fsp3) is 0.409. The lowest BCUT2D eigenvalue weighted by Gasteiger charge is -2.36. The van der Waals surface area contributed by atoms with Crippen LogP contribution in [0.4, 0.5) is 21.6 Å². The molecule has 12 heteroatoms. The van der Waals surface area contributed by atoms with E-state index in [4.69, 9.17) is 10.5 Å². The average molecular weight is 468 g/mol. The molecule has 11 nitrogen and oxygen atoms in total. The maximum Gasteiger partial charge on any atom is 0.263 e. The average Bonchev–Trinajstić information content (AvgIpc) is 3.19. The zero-order valence-electron chi connectivity index (χ0n) is 18.5. The van der Waals surface area contributed by atoms with Crippen molar-refractivity contribution in [1.29, 1.82) is 0 Å². The molecule has 0 aromatic carbocycles. The summed E-state index contributed by atoms with van der Waals surface area (Å²) in [5, 5.41) is 6.81. The highest BCUT2D eigenvalue weighted by molar-refractivity contribution is 6.12. The Kier molecular flexibility index (Phi) is 5.97. The van der Waals surface area contributed by atoms with E-state index < -0.39 is 11.7 Å². The Hall–Kier alpha value is -3.80. The summed E-state index contributed by atoms with van der Waals surface area (Å²) in [6.07, 6.45) is 7.61. The Bertz CT molecular complexity index is 1220. The van der Waals surface area contributed by atoms with Crippen LogP contribution in [-0.4, -0.2) is 69.3 Å². The zero-order chi connectivity index (χ0) is 23.7. The fourth-order valence-electron chi connectivity index (χ4n) is 4.49. The van der Waals surface area contributed by atoms with Gasteiger partial charge >= 0.3 is 0 Å². The van der Waals surface area contributed by atoms with Gasteiger partial charge in [0, 0.05) is 31.7 Å². The molecule has 2 fully saturated rings. The highest BCUT2D eigenvalue weighted by Crippen LogP contribution is 2.31. The second-order valence-electron chi connectivity index (χ2n) is 8.40. The number of hydrogen-bond donors (Lipinski definition) is 2. The van der Waals surface area contributed by atoms with E-state index in [1.807, 2.05) is 6.07 Å². The van der Waals surface area contributed by atoms with Gasteiger partial charge in [0.1, 0.15) is 12.3 Å². The summed E-state index contributed by atoms with van der Waals surface area (Å²) in [4.78, 5) is 37.9. The fourth-order valence-corrected chi connectivity index (χ4v) is 4.49. The summed E-state index contributed by atoms with van der Waals surface area (Å²) in [7, 11) is 0. The maximum absolute atomic E-state index is 13.5. The predicted octanol–water partition coefficient (Wildman–Crippen LogP) is 1.52. The monoisotopic (exact) mass is 468 g/mol. The van der Waals surface area contributed by atoms with Crippen LogP contribution in [0.25, 0.3) is 5.65 Å². The number of rotatable bonds is 4. The minimum absolute atomic E-state index is 0.0390. The number of pyridine rings is 1. The van der Waals surface area contributed by atoms with Gasteiger partial charge < -0.3 is 25.6 Å². The van der Waals surface area contributed by atoms with E-state index in [0.29, 0.717) is 45.0 Å². The Balaban J connectivity index is 1.30. The number of amides is 2. The van der Waals surface area contributed by atoms with Crippen molar-refractivity contribution in [2.75, 3.05) is 48.9 Å². The molecule has 3 aromatic heterocycles. The van der Waals surface area contributed by atoms with Crippen molar-refractivity contribution in [1.82, 2.24) is 24.5 Å². The van der Waals surface area contributed by atoms with E-state index in [1.165, 1.54) is 0 Å². The van der Waals surface area contributed by atoms with Crippen LogP contribution < -0.4 is 16.0 Å². The molecule has 0 atom stereocenters. The van der Waals surface area contributed by atoms with Crippen LogP contribution >= 0.6 is 0 Å². The van der Waals surface area contributed by atoms with Gasteiger partial charge in [0.25, 0.3) is 5.91 Å². The molecule has 34 heavy (non-hydrogen) atoms. The van der Waals surface area contributed by atoms with Gasteiger partial charge in [-0.15, -0.1) is 5.10 Å². The first-order valence-electron chi connectivity index (χ1n) is 11.2. The minimum atomic E-state index is -0.591. The molecule has 0 bridgehead atoms. The van der Waals surface area contributed by atoms with E-state index in [0.717, 1.165) is 35.6 Å². The summed E-state index contributed by atoms with van der Waals surface area (Å²) in [6.45, 7) is 3.14. The third-order valence-corrected chi connectivity index (χ3v) is 6.20. The van der Waals surface area contributed by atoms with E-state index in [1.54, 1.807) is 17.3 Å². The number of anilines is 3. The third-order valence-electron chi connectivity index (χ3n) is 6.20. The Morgan fingerprint density at radius 1 is 1.21 bits per heavy atom. The number of nitrogen functional groups attached to an aromatic ring is 1. The smallest absolute Gasteiger partial charge is 0.263 e. The van der Waals surface area contributed by atoms with E-state index >= 15 is 0 Å². The summed E-state index contributed by atoms with van der Waals surface area (Å²) in [6, 6.07) is 1.82. The standard InChI is InChI=1S/C22H25FN8O3/c23-15-10-26-20-18(19(24)28-31(20)12-15)21(32)27-16-11-25-5-2-17(16)29-7-3-14(4-8-29)22(33)30-6-1-9-34-13-30/h2,5,10-12,14H,1,3-4,6-9,13H2,(H2,24,28)(H,27,32). The van der Waals surface area contributed by atoms with Gasteiger partial charge in [-0.2, -0.15) is 0 Å². The molecule has 178 valence electrons. The predicted molar refractivity (Wildman–Crippen MR) is 122 cm³/mol. The number of carbonyl (C=O) groups excluding carboxylic acids is 2. The van der Waals surface area contributed by atoms with Crippen molar-refractivity contribution >= 4 is 34.7 Å². The van der Waals surface area contributed by atoms with Gasteiger partial charge in [0.15, 0.2) is 17.3 Å². The number of carbonyl (C=O) groups is 2. The molecule has 5 heterocycles. The summed E-state index contributed by atoms with van der Waals surface area (Å²) in [5.74, 6) is -1.05. The first kappa shape index (κ1) is 22.0. The second-order valence-corrected chi connectivity index (χ2v) is 8.40. The maximum atomic E-state index is 13.5. The Morgan fingerprint density at radius 3 is 2.79 bits per heavy atom. The van der Waals surface area contributed by atoms with Gasteiger partial charge in [-0.1, -0.05) is 0 Å². The van der Waals surface area contributed by atoms with E-state index in [9.17, 15) is 14.0 Å². The molecule has 2 amide bonds. The zero-order valence-corrected chi connectivity index (χ0v) is 18.5. The van der Waals surface area contributed by atoms with Gasteiger partial charge in [-0.05, 0) is 25.3 Å². The molecule has 2 aliphatic heterocycles. The molecule has 3 N–H and O–H groups in total. The normalized spacial score (nSPS) is 17.2. The quantitative estimate of drug-likeness (QED) is 0.589. The lowest BCUT2D eigenvalue weighted by atomic mass is 9.94. The van der Waals surface area contributed by atoms with Crippen LogP contribution in [0, 0.1) is 11.7 Å². The Morgan fingerprint density at radius 2 is 2.03 bits per heavy atom. The highest BCUT2D eigenvalue weighted by Gasteiger charge is 2.30. The molecule has 2 saturated heterocycles. The van der Waals surface area contributed by atoms with Crippen molar-refractivity contribution in [2.24, 2.45) is 5.92 Å². The van der Waals surface area contributed by atoms with Gasteiger partial charge in [-0.3, -0.25) is 14.6 Å².